The predicted molar refractivity (Wildman–Crippen MR) is 114 cm³/mol. The molecule has 8 heteroatoms. The molecule has 2 amide bonds. The second-order valence-electron chi connectivity index (χ2n) is 8.25. The average molecular weight is 451 g/mol. The maximum Gasteiger partial charge on any atom is 0.416 e. The fraction of sp³-hybridized carbons (Fsp3) is 0.348. The number of alkyl halides is 3. The predicted octanol–water partition coefficient (Wildman–Crippen LogP) is 6.55. The molecule has 0 aromatic heterocycles. The number of hydrogen-bond donors (Lipinski definition) is 2. The number of hydrogen-bond acceptors (Lipinski definition) is 2. The molecule has 0 spiro atoms. The summed E-state index contributed by atoms with van der Waals surface area (Å²) >= 11 is 5.95. The van der Waals surface area contributed by atoms with Gasteiger partial charge in [-0.3, -0.25) is 0 Å². The summed E-state index contributed by atoms with van der Waals surface area (Å²) in [5.41, 5.74) is 0.529. The number of carbonyl (C=O) groups is 1. The molecule has 2 fully saturated rings. The number of halogens is 4. The summed E-state index contributed by atoms with van der Waals surface area (Å²) < 4.78 is 40.2. The Bertz CT molecular complexity index is 1010. The van der Waals surface area contributed by atoms with Gasteiger partial charge in [0.1, 0.15) is 5.76 Å². The second-order valence-corrected chi connectivity index (χ2v) is 8.68. The van der Waals surface area contributed by atoms with Crippen molar-refractivity contribution >= 4 is 29.1 Å². The molecule has 3 atom stereocenters. The Morgan fingerprint density at radius 2 is 1.77 bits per heavy atom. The number of amides is 2. The van der Waals surface area contributed by atoms with E-state index in [1.807, 2.05) is 0 Å². The van der Waals surface area contributed by atoms with E-state index < -0.39 is 11.7 Å². The third-order valence-electron chi connectivity index (χ3n) is 6.28. The lowest BCUT2D eigenvalue weighted by molar-refractivity contribution is -0.138. The van der Waals surface area contributed by atoms with Gasteiger partial charge >= 0.3 is 12.2 Å². The van der Waals surface area contributed by atoms with Gasteiger partial charge in [-0.25, -0.2) is 4.79 Å². The van der Waals surface area contributed by atoms with Crippen LogP contribution in [-0.4, -0.2) is 29.1 Å². The third kappa shape index (κ3) is 4.37. The first-order valence-electron chi connectivity index (χ1n) is 10.0. The lowest BCUT2D eigenvalue weighted by Gasteiger charge is -2.22. The standard InChI is InChI=1S/C23H22ClF3N2O2/c1-13(30)19-10-17(24)6-7-21(19)28-22(31)29-11-15-8-14(9-16(15)12-29)18-4-2-3-5-20(18)23(25,26)27/h2-7,10,14-16,30H,1,8-9,11-12H2,(H,28,31)/t14-,15-,16+. The molecule has 2 aromatic carbocycles. The molecule has 1 heterocycles. The van der Waals surface area contributed by atoms with Gasteiger partial charge in [0.2, 0.25) is 0 Å². The van der Waals surface area contributed by atoms with Gasteiger partial charge in [-0.2, -0.15) is 13.2 Å². The molecule has 1 saturated carbocycles. The van der Waals surface area contributed by atoms with Crippen LogP contribution in [0.25, 0.3) is 5.76 Å². The van der Waals surface area contributed by atoms with Crippen molar-refractivity contribution in [2.75, 3.05) is 18.4 Å². The molecule has 4 nitrogen and oxygen atoms in total. The van der Waals surface area contributed by atoms with Gasteiger partial charge in [0, 0.05) is 23.7 Å². The summed E-state index contributed by atoms with van der Waals surface area (Å²) in [6, 6.07) is 10.2. The van der Waals surface area contributed by atoms with Crippen LogP contribution in [0, 0.1) is 11.8 Å². The van der Waals surface area contributed by atoms with E-state index in [0.29, 0.717) is 47.8 Å². The van der Waals surface area contributed by atoms with Crippen LogP contribution in [0.2, 0.25) is 5.02 Å². The fourth-order valence-corrected chi connectivity index (χ4v) is 5.06. The molecule has 0 unspecified atom stereocenters. The lowest BCUT2D eigenvalue weighted by Crippen LogP contribution is -2.34. The Balaban J connectivity index is 1.43. The highest BCUT2D eigenvalue weighted by atomic mass is 35.5. The minimum atomic E-state index is -4.37. The van der Waals surface area contributed by atoms with E-state index in [2.05, 4.69) is 11.9 Å². The van der Waals surface area contributed by atoms with E-state index in [4.69, 9.17) is 11.6 Å². The van der Waals surface area contributed by atoms with E-state index in [1.54, 1.807) is 29.2 Å². The highest BCUT2D eigenvalue weighted by Gasteiger charge is 2.45. The summed E-state index contributed by atoms with van der Waals surface area (Å²) in [7, 11) is 0. The second kappa shape index (κ2) is 8.11. The molecule has 0 radical (unpaired) electrons. The monoisotopic (exact) mass is 450 g/mol. The molecule has 1 aliphatic carbocycles. The minimum Gasteiger partial charge on any atom is -0.508 e. The van der Waals surface area contributed by atoms with Crippen LogP contribution < -0.4 is 5.32 Å². The number of nitrogens with one attached hydrogen (secondary N) is 1. The maximum absolute atomic E-state index is 13.4. The summed E-state index contributed by atoms with van der Waals surface area (Å²) in [6.45, 7) is 4.47. The number of rotatable bonds is 3. The number of anilines is 1. The molecule has 4 rings (SSSR count). The van der Waals surface area contributed by atoms with Crippen LogP contribution in [0.4, 0.5) is 23.7 Å². The zero-order valence-electron chi connectivity index (χ0n) is 16.6. The molecule has 2 aromatic rings. The Kier molecular flexibility index (Phi) is 5.64. The van der Waals surface area contributed by atoms with Crippen LogP contribution in [0.1, 0.15) is 35.4 Å². The highest BCUT2D eigenvalue weighted by Crippen LogP contribution is 2.48. The van der Waals surface area contributed by atoms with Crippen LogP contribution in [-0.2, 0) is 6.18 Å². The van der Waals surface area contributed by atoms with Crippen molar-refractivity contribution in [3.05, 3.63) is 70.8 Å². The number of aliphatic hydroxyl groups is 1. The van der Waals surface area contributed by atoms with E-state index in [9.17, 15) is 23.1 Å². The van der Waals surface area contributed by atoms with Crippen molar-refractivity contribution in [2.45, 2.75) is 24.9 Å². The molecule has 2 aliphatic rings. The van der Waals surface area contributed by atoms with Gasteiger partial charge in [-0.1, -0.05) is 36.4 Å². The lowest BCUT2D eigenvalue weighted by atomic mass is 9.91. The SMILES string of the molecule is C=C(O)c1cc(Cl)ccc1NC(=O)N1C[C@H]2C[C@@H](c3ccccc3C(F)(F)F)C[C@H]2C1. The molecule has 1 saturated heterocycles. The first-order valence-corrected chi connectivity index (χ1v) is 10.4. The van der Waals surface area contributed by atoms with Crippen LogP contribution in [0.5, 0.6) is 0 Å². The van der Waals surface area contributed by atoms with Gasteiger partial charge in [-0.05, 0) is 60.4 Å². The highest BCUT2D eigenvalue weighted by molar-refractivity contribution is 6.30. The number of benzene rings is 2. The van der Waals surface area contributed by atoms with Crippen molar-refractivity contribution < 1.29 is 23.1 Å². The molecular weight excluding hydrogens is 429 g/mol. The van der Waals surface area contributed by atoms with Gasteiger partial charge in [0.05, 0.1) is 11.3 Å². The van der Waals surface area contributed by atoms with Crippen LogP contribution >= 0.6 is 11.6 Å². The Morgan fingerprint density at radius 3 is 2.39 bits per heavy atom. The van der Waals surface area contributed by atoms with Crippen LogP contribution in [0.3, 0.4) is 0 Å². The topological polar surface area (TPSA) is 52.6 Å². The van der Waals surface area contributed by atoms with Crippen molar-refractivity contribution in [3.8, 4) is 0 Å². The van der Waals surface area contributed by atoms with Crippen LogP contribution in [0.15, 0.2) is 49.0 Å². The summed E-state index contributed by atoms with van der Waals surface area (Å²) in [4.78, 5) is 14.4. The van der Waals surface area contributed by atoms with Gasteiger partial charge in [-0.15, -0.1) is 0 Å². The average Bonchev–Trinajstić information content (AvgIpc) is 3.28. The Morgan fingerprint density at radius 1 is 1.13 bits per heavy atom. The third-order valence-corrected chi connectivity index (χ3v) is 6.51. The normalized spacial score (nSPS) is 23.0. The Labute approximate surface area is 183 Å². The van der Waals surface area contributed by atoms with Crippen molar-refractivity contribution in [2.24, 2.45) is 11.8 Å². The summed E-state index contributed by atoms with van der Waals surface area (Å²) in [6.07, 6.45) is -3.12. The number of aliphatic hydroxyl groups excluding tert-OH is 1. The van der Waals surface area contributed by atoms with E-state index in [-0.39, 0.29) is 29.5 Å². The van der Waals surface area contributed by atoms with Crippen molar-refractivity contribution in [1.29, 1.82) is 0 Å². The summed E-state index contributed by atoms with van der Waals surface area (Å²) in [5, 5.41) is 12.9. The molecule has 31 heavy (non-hydrogen) atoms. The minimum absolute atomic E-state index is 0.154. The quantitative estimate of drug-likeness (QED) is 0.521. The number of nitrogens with zero attached hydrogens (tertiary/aromatic N) is 1. The van der Waals surface area contributed by atoms with E-state index in [0.717, 1.165) is 6.07 Å². The molecule has 1 aliphatic heterocycles. The summed E-state index contributed by atoms with van der Waals surface area (Å²) in [5.74, 6) is -0.0371. The zero-order valence-corrected chi connectivity index (χ0v) is 17.4. The van der Waals surface area contributed by atoms with Gasteiger partial charge in [0.25, 0.3) is 0 Å². The number of fused-ring (bicyclic) bond motifs is 1. The first-order chi connectivity index (χ1) is 14.6. The molecule has 2 N–H and O–H groups in total. The van der Waals surface area contributed by atoms with Crippen molar-refractivity contribution in [3.63, 3.8) is 0 Å². The fourth-order valence-electron chi connectivity index (χ4n) is 4.89. The van der Waals surface area contributed by atoms with E-state index >= 15 is 0 Å². The number of likely N-dealkylation sites (tertiary alicyclic amines) is 1. The Hall–Kier alpha value is -2.67. The molecule has 164 valence electrons. The van der Waals surface area contributed by atoms with E-state index in [1.165, 1.54) is 12.1 Å². The first kappa shape index (κ1) is 21.6. The zero-order chi connectivity index (χ0) is 22.3. The largest absolute Gasteiger partial charge is 0.508 e. The molecular formula is C23H22ClF3N2O2. The smallest absolute Gasteiger partial charge is 0.416 e. The van der Waals surface area contributed by atoms with Crippen molar-refractivity contribution in [1.82, 2.24) is 4.90 Å². The molecule has 0 bridgehead atoms. The maximum atomic E-state index is 13.4. The number of carbonyl (C=O) groups excluding carboxylic acids is 1. The van der Waals surface area contributed by atoms with Gasteiger partial charge in [0.15, 0.2) is 0 Å². The van der Waals surface area contributed by atoms with Gasteiger partial charge < -0.3 is 15.3 Å². The number of urea groups is 1.